The van der Waals surface area contributed by atoms with Crippen LogP contribution in [0.2, 0.25) is 5.02 Å². The zero-order chi connectivity index (χ0) is 49.4. The fourth-order valence-electron chi connectivity index (χ4n) is 10.4. The van der Waals surface area contributed by atoms with E-state index in [0.29, 0.717) is 86.6 Å². The van der Waals surface area contributed by atoms with Gasteiger partial charge in [0.15, 0.2) is 5.78 Å². The van der Waals surface area contributed by atoms with E-state index in [1.165, 1.54) is 0 Å². The molecule has 368 valence electrons. The molecule has 3 aliphatic carbocycles. The molecule has 3 aliphatic rings. The highest BCUT2D eigenvalue weighted by atomic mass is 35.5. The minimum Gasteiger partial charge on any atom is -0.491 e. The Hall–Kier alpha value is -5.04. The van der Waals surface area contributed by atoms with Crippen molar-refractivity contribution in [3.05, 3.63) is 94.0 Å². The molecule has 0 radical (unpaired) electrons. The number of nitrogens with one attached hydrogen (secondary N) is 4. The molecular weight excluding hydrogens is 886 g/mol. The molecule has 0 aliphatic heterocycles. The lowest BCUT2D eigenvalue weighted by molar-refractivity contribution is -0.164. The number of ketones is 1. The second kappa shape index (κ2) is 22.6. The fourth-order valence-corrected chi connectivity index (χ4v) is 10.6. The summed E-state index contributed by atoms with van der Waals surface area (Å²) in [6.45, 7) is 17.9. The molecule has 6 atom stereocenters. The Morgan fingerprint density at radius 2 is 1.47 bits per heavy atom. The molecule has 4 N–H and O–H groups in total. The van der Waals surface area contributed by atoms with Crippen LogP contribution in [0.15, 0.2) is 66.7 Å². The van der Waals surface area contributed by atoms with Crippen LogP contribution >= 0.6 is 11.6 Å². The number of fused-ring (bicyclic) bond motifs is 1. The van der Waals surface area contributed by atoms with Crippen molar-refractivity contribution in [1.29, 1.82) is 5.26 Å². The van der Waals surface area contributed by atoms with Crippen LogP contribution in [0.4, 0.5) is 0 Å². The highest BCUT2D eigenvalue weighted by molar-refractivity contribution is 6.31. The maximum atomic E-state index is 14.1. The minimum atomic E-state index is -0.723. The number of likely N-dealkylation sites (N-methyl/N-ethyl adjacent to an activating group) is 1. The highest BCUT2D eigenvalue weighted by Crippen LogP contribution is 2.55. The van der Waals surface area contributed by atoms with E-state index < -0.39 is 29.3 Å². The molecule has 2 fully saturated rings. The standard InChI is InChI=1S/C53H70ClN5O9/c1-32(56-9)46(61)58-45(51(2,3)4)44(60)39-15-12-16-40(39)48(63)57-43-38-14-11-10-13-34(38)29-42(43)67-28-26-65-24-23-64-25-27-66-36-20-17-33(18-21-36)47(62)59-49-52(5,6)50(53(49,7)8)68-37-22-19-35(31-55)41(54)30-37/h10-11,13-14,17-22,30,32,39-40,42-43,45,49-50,56H,12,15-16,23-29H2,1-9H3,(H,57,63)(H,58,61)(H,59,62)/t32-,39?,40+,42+,43-,45?,49?,50?/m0/s1. The van der Waals surface area contributed by atoms with Gasteiger partial charge in [-0.25, -0.2) is 0 Å². The van der Waals surface area contributed by atoms with E-state index in [2.05, 4.69) is 61.1 Å². The van der Waals surface area contributed by atoms with E-state index >= 15 is 0 Å². The molecular formula is C53H70ClN5O9. The quantitative estimate of drug-likeness (QED) is 0.0750. The minimum absolute atomic E-state index is 0.0944. The van der Waals surface area contributed by atoms with Crippen molar-refractivity contribution in [2.45, 2.75) is 117 Å². The Balaban J connectivity index is 0.885. The van der Waals surface area contributed by atoms with Gasteiger partial charge in [-0.1, -0.05) is 90.8 Å². The smallest absolute Gasteiger partial charge is 0.251 e. The molecule has 0 saturated heterocycles. The van der Waals surface area contributed by atoms with Crippen LogP contribution in [0, 0.1) is 39.4 Å². The maximum absolute atomic E-state index is 14.1. The van der Waals surface area contributed by atoms with E-state index in [-0.39, 0.29) is 58.6 Å². The summed E-state index contributed by atoms with van der Waals surface area (Å²) in [6, 6.07) is 20.4. The monoisotopic (exact) mass is 955 g/mol. The molecule has 68 heavy (non-hydrogen) atoms. The van der Waals surface area contributed by atoms with E-state index in [4.69, 9.17) is 35.3 Å². The average Bonchev–Trinajstić information content (AvgIpc) is 3.94. The van der Waals surface area contributed by atoms with Crippen molar-refractivity contribution in [3.8, 4) is 17.6 Å². The van der Waals surface area contributed by atoms with Gasteiger partial charge in [0.25, 0.3) is 5.91 Å². The van der Waals surface area contributed by atoms with Gasteiger partial charge in [0.1, 0.15) is 30.3 Å². The number of nitriles is 1. The molecule has 0 spiro atoms. The van der Waals surface area contributed by atoms with Gasteiger partial charge in [-0.3, -0.25) is 19.2 Å². The summed E-state index contributed by atoms with van der Waals surface area (Å²) in [6.07, 6.45) is 2.10. The van der Waals surface area contributed by atoms with Crippen LogP contribution < -0.4 is 30.7 Å². The molecule has 6 rings (SSSR count). The lowest BCUT2D eigenvalue weighted by Gasteiger charge is -2.63. The van der Waals surface area contributed by atoms with Gasteiger partial charge < -0.3 is 45.0 Å². The molecule has 3 amide bonds. The van der Waals surface area contributed by atoms with Crippen LogP contribution in [0.25, 0.3) is 0 Å². The number of Topliss-reactive ketones (excluding diaryl/α,β-unsaturated/α-hetero) is 1. The normalized spacial score (nSPS) is 23.2. The summed E-state index contributed by atoms with van der Waals surface area (Å²) in [5, 5.41) is 21.9. The fraction of sp³-hybridized carbons (Fsp3) is 0.566. The largest absolute Gasteiger partial charge is 0.491 e. The summed E-state index contributed by atoms with van der Waals surface area (Å²) >= 11 is 6.24. The van der Waals surface area contributed by atoms with Gasteiger partial charge >= 0.3 is 0 Å². The predicted octanol–water partition coefficient (Wildman–Crippen LogP) is 7.16. The number of halogens is 1. The number of carbonyl (C=O) groups is 4. The molecule has 2 saturated carbocycles. The van der Waals surface area contributed by atoms with Crippen molar-refractivity contribution in [1.82, 2.24) is 21.3 Å². The number of nitrogens with zero attached hydrogens (tertiary/aromatic N) is 1. The number of rotatable bonds is 22. The zero-order valence-electron chi connectivity index (χ0n) is 41.0. The topological polar surface area (TPSA) is 186 Å². The second-order valence-electron chi connectivity index (χ2n) is 20.6. The van der Waals surface area contributed by atoms with E-state index in [9.17, 15) is 24.4 Å². The third kappa shape index (κ3) is 12.2. The van der Waals surface area contributed by atoms with Gasteiger partial charge in [-0.05, 0) is 79.8 Å². The van der Waals surface area contributed by atoms with Gasteiger partial charge in [-0.2, -0.15) is 5.26 Å². The average molecular weight is 957 g/mol. The molecule has 14 nitrogen and oxygen atoms in total. The third-order valence-corrected chi connectivity index (χ3v) is 14.2. The van der Waals surface area contributed by atoms with Crippen LogP contribution in [0.5, 0.6) is 11.5 Å². The maximum Gasteiger partial charge on any atom is 0.251 e. The Bertz CT molecular complexity index is 2270. The summed E-state index contributed by atoms with van der Waals surface area (Å²) in [4.78, 5) is 54.3. The first-order valence-electron chi connectivity index (χ1n) is 23.8. The first-order chi connectivity index (χ1) is 32.3. The number of carbonyl (C=O) groups excluding carboxylic acids is 4. The van der Waals surface area contributed by atoms with Crippen LogP contribution in [0.3, 0.4) is 0 Å². The van der Waals surface area contributed by atoms with Gasteiger partial charge in [0, 0.05) is 46.8 Å². The predicted molar refractivity (Wildman–Crippen MR) is 259 cm³/mol. The molecule has 0 bridgehead atoms. The Labute approximate surface area is 406 Å². The van der Waals surface area contributed by atoms with Crippen molar-refractivity contribution >= 4 is 35.1 Å². The van der Waals surface area contributed by atoms with E-state index in [1.807, 2.05) is 39.0 Å². The summed E-state index contributed by atoms with van der Waals surface area (Å²) < 4.78 is 30.1. The van der Waals surface area contributed by atoms with E-state index in [0.717, 1.165) is 17.5 Å². The first-order valence-corrected chi connectivity index (χ1v) is 24.2. The Kier molecular flexibility index (Phi) is 17.4. The summed E-state index contributed by atoms with van der Waals surface area (Å²) in [5.41, 5.74) is 1.73. The molecule has 3 aromatic rings. The van der Waals surface area contributed by atoms with Crippen LogP contribution in [0.1, 0.15) is 108 Å². The molecule has 0 heterocycles. The number of hydrogen-bond acceptors (Lipinski definition) is 11. The second-order valence-corrected chi connectivity index (χ2v) is 21.0. The third-order valence-electron chi connectivity index (χ3n) is 13.9. The SMILES string of the molecule is CN[C@@H](C)C(=O)NC(C(=O)C1CCC[C@H]1C(=O)N[C@H]1c2ccccc2C[C@H]1OCCOCCOCCOc1ccc(C(=O)NC2C(C)(C)C(Oc3ccc(C#N)c(Cl)c3)C2(C)C)cc1)C(C)(C)C. The zero-order valence-corrected chi connectivity index (χ0v) is 41.8. The van der Waals surface area contributed by atoms with Crippen LogP contribution in [-0.2, 0) is 35.0 Å². The van der Waals surface area contributed by atoms with Crippen molar-refractivity contribution in [2.24, 2.45) is 28.1 Å². The highest BCUT2D eigenvalue weighted by Gasteiger charge is 2.64. The molecule has 3 aromatic carbocycles. The molecule has 15 heteroatoms. The summed E-state index contributed by atoms with van der Waals surface area (Å²) in [7, 11) is 1.70. The lowest BCUT2D eigenvalue weighted by Crippen LogP contribution is -2.74. The number of hydrogen-bond donors (Lipinski definition) is 4. The van der Waals surface area contributed by atoms with Gasteiger partial charge in [0.05, 0.1) is 67.8 Å². The first kappa shape index (κ1) is 52.3. The number of benzene rings is 3. The molecule has 2 unspecified atom stereocenters. The number of amides is 3. The van der Waals surface area contributed by atoms with Gasteiger partial charge in [-0.15, -0.1) is 0 Å². The lowest BCUT2D eigenvalue weighted by atomic mass is 9.49. The Morgan fingerprint density at radius 3 is 2.12 bits per heavy atom. The van der Waals surface area contributed by atoms with Crippen molar-refractivity contribution in [2.75, 3.05) is 46.7 Å². The number of ether oxygens (including phenoxy) is 5. The van der Waals surface area contributed by atoms with Crippen LogP contribution in [-0.4, -0.2) is 101 Å². The summed E-state index contributed by atoms with van der Waals surface area (Å²) in [5.74, 6) is -0.482. The Morgan fingerprint density at radius 1 is 0.838 bits per heavy atom. The van der Waals surface area contributed by atoms with E-state index in [1.54, 1.807) is 56.4 Å². The van der Waals surface area contributed by atoms with Crippen molar-refractivity contribution < 1.29 is 42.9 Å². The van der Waals surface area contributed by atoms with Crippen molar-refractivity contribution in [3.63, 3.8) is 0 Å². The molecule has 0 aromatic heterocycles. The van der Waals surface area contributed by atoms with Gasteiger partial charge in [0.2, 0.25) is 11.8 Å².